The van der Waals surface area contributed by atoms with Crippen LogP contribution >= 0.6 is 23.2 Å². The van der Waals surface area contributed by atoms with E-state index in [1.807, 2.05) is 6.07 Å². The van der Waals surface area contributed by atoms with Gasteiger partial charge in [0.15, 0.2) is 12.4 Å². The van der Waals surface area contributed by atoms with Gasteiger partial charge >= 0.3 is 5.97 Å². The molecule has 1 saturated heterocycles. The van der Waals surface area contributed by atoms with Crippen LogP contribution in [-0.4, -0.2) is 62.7 Å². The Morgan fingerprint density at radius 3 is 2.77 bits per heavy atom. The third-order valence-electron chi connectivity index (χ3n) is 6.58. The lowest BCUT2D eigenvalue weighted by atomic mass is 9.71. The molecule has 6 nitrogen and oxygen atoms in total. The summed E-state index contributed by atoms with van der Waals surface area (Å²) in [7, 11) is 0. The van der Waals surface area contributed by atoms with Crippen LogP contribution in [0.4, 0.5) is 0 Å². The van der Waals surface area contributed by atoms with E-state index >= 15 is 0 Å². The molecule has 0 aromatic heterocycles. The van der Waals surface area contributed by atoms with Crippen LogP contribution in [0.2, 0.25) is 10.0 Å². The van der Waals surface area contributed by atoms with Gasteiger partial charge in [-0.3, -0.25) is 9.69 Å². The van der Waals surface area contributed by atoms with Crippen molar-refractivity contribution in [3.63, 3.8) is 0 Å². The summed E-state index contributed by atoms with van der Waals surface area (Å²) in [4.78, 5) is 26.4. The van der Waals surface area contributed by atoms with Crippen molar-refractivity contribution in [1.29, 1.82) is 0 Å². The standard InChI is InChI=1S/C23H27Cl2NO5/c1-2-23-4-3-16(27)12-17(23)20-15(13-23)11-18(21(24)22(20)25)31-14-19(28)30-10-7-26-5-8-29-9-6-26/h11-12H,2-10,13-14H2,1H3. The second-order valence-corrected chi connectivity index (χ2v) is 9.09. The molecule has 2 aliphatic carbocycles. The first-order chi connectivity index (χ1) is 14.9. The minimum Gasteiger partial charge on any atom is -0.480 e. The molecule has 0 saturated carbocycles. The number of allylic oxidation sites excluding steroid dienone is 2. The third-order valence-corrected chi connectivity index (χ3v) is 7.43. The van der Waals surface area contributed by atoms with Crippen molar-refractivity contribution in [1.82, 2.24) is 4.90 Å². The molecule has 1 heterocycles. The van der Waals surface area contributed by atoms with Crippen molar-refractivity contribution in [2.45, 2.75) is 32.6 Å². The topological polar surface area (TPSA) is 65.1 Å². The molecular formula is C23H27Cl2NO5. The van der Waals surface area contributed by atoms with Gasteiger partial charge in [0.1, 0.15) is 17.4 Å². The summed E-state index contributed by atoms with van der Waals surface area (Å²) in [6.07, 6.45) is 4.79. The zero-order valence-corrected chi connectivity index (χ0v) is 19.2. The van der Waals surface area contributed by atoms with E-state index in [-0.39, 0.29) is 22.8 Å². The van der Waals surface area contributed by atoms with Crippen molar-refractivity contribution in [3.8, 4) is 5.75 Å². The molecular weight excluding hydrogens is 441 g/mol. The molecule has 8 heteroatoms. The molecule has 1 aromatic rings. The van der Waals surface area contributed by atoms with E-state index in [4.69, 9.17) is 37.4 Å². The second kappa shape index (κ2) is 9.49. The van der Waals surface area contributed by atoms with E-state index < -0.39 is 5.97 Å². The number of fused-ring (bicyclic) bond motifs is 3. The van der Waals surface area contributed by atoms with E-state index in [1.165, 1.54) is 0 Å². The van der Waals surface area contributed by atoms with Gasteiger partial charge in [-0.25, -0.2) is 4.79 Å². The van der Waals surface area contributed by atoms with Crippen LogP contribution in [0, 0.1) is 5.41 Å². The first-order valence-electron chi connectivity index (χ1n) is 10.8. The molecule has 0 spiro atoms. The molecule has 1 aliphatic heterocycles. The number of ketones is 1. The van der Waals surface area contributed by atoms with Gasteiger partial charge in [0.2, 0.25) is 0 Å². The summed E-state index contributed by atoms with van der Waals surface area (Å²) >= 11 is 13.1. The maximum atomic E-state index is 12.1. The van der Waals surface area contributed by atoms with E-state index in [2.05, 4.69) is 11.8 Å². The Kier molecular flexibility index (Phi) is 6.92. The first-order valence-corrected chi connectivity index (χ1v) is 11.5. The Bertz CT molecular complexity index is 910. The van der Waals surface area contributed by atoms with Crippen molar-refractivity contribution in [2.75, 3.05) is 46.1 Å². The Morgan fingerprint density at radius 2 is 2.03 bits per heavy atom. The normalized spacial score (nSPS) is 23.2. The molecule has 4 rings (SSSR count). The zero-order valence-electron chi connectivity index (χ0n) is 17.7. The minimum atomic E-state index is -0.451. The SMILES string of the molecule is CCC12CCC(=O)C=C1c1c(cc(OCC(=O)OCCN3CCOCC3)c(Cl)c1Cl)C2. The Labute approximate surface area is 192 Å². The molecule has 1 fully saturated rings. The number of ether oxygens (including phenoxy) is 3. The predicted molar refractivity (Wildman–Crippen MR) is 119 cm³/mol. The lowest BCUT2D eigenvalue weighted by Gasteiger charge is -2.32. The summed E-state index contributed by atoms with van der Waals surface area (Å²) in [5, 5.41) is 0.637. The molecule has 0 amide bonds. The van der Waals surface area contributed by atoms with E-state index in [0.717, 1.165) is 49.1 Å². The highest BCUT2D eigenvalue weighted by atomic mass is 35.5. The fourth-order valence-electron chi connectivity index (χ4n) is 4.74. The van der Waals surface area contributed by atoms with Gasteiger partial charge in [0.25, 0.3) is 0 Å². The summed E-state index contributed by atoms with van der Waals surface area (Å²) < 4.78 is 16.3. The predicted octanol–water partition coefficient (Wildman–Crippen LogP) is 3.95. The number of halogens is 2. The number of morpholine rings is 1. The summed E-state index contributed by atoms with van der Waals surface area (Å²) in [6, 6.07) is 1.85. The van der Waals surface area contributed by atoms with Crippen molar-refractivity contribution < 1.29 is 23.8 Å². The minimum absolute atomic E-state index is 0.0831. The average Bonchev–Trinajstić information content (AvgIpc) is 3.10. The van der Waals surface area contributed by atoms with Gasteiger partial charge in [-0.2, -0.15) is 0 Å². The number of hydrogen-bond acceptors (Lipinski definition) is 6. The Balaban J connectivity index is 1.41. The van der Waals surface area contributed by atoms with Crippen LogP contribution < -0.4 is 4.74 Å². The summed E-state index contributed by atoms with van der Waals surface area (Å²) in [5.41, 5.74) is 2.76. The maximum Gasteiger partial charge on any atom is 0.344 e. The second-order valence-electron chi connectivity index (χ2n) is 8.33. The molecule has 168 valence electrons. The molecule has 31 heavy (non-hydrogen) atoms. The highest BCUT2D eigenvalue weighted by Crippen LogP contribution is 2.57. The van der Waals surface area contributed by atoms with Crippen LogP contribution in [0.1, 0.15) is 37.3 Å². The van der Waals surface area contributed by atoms with Crippen molar-refractivity contribution in [2.24, 2.45) is 5.41 Å². The summed E-state index contributed by atoms with van der Waals surface area (Å²) in [6.45, 7) is 5.98. The number of esters is 1. The van der Waals surface area contributed by atoms with Gasteiger partial charge in [-0.05, 0) is 42.5 Å². The lowest BCUT2D eigenvalue weighted by Crippen LogP contribution is -2.38. The van der Waals surface area contributed by atoms with Crippen LogP contribution in [0.15, 0.2) is 12.1 Å². The molecule has 0 N–H and O–H groups in total. The average molecular weight is 468 g/mol. The third kappa shape index (κ3) is 4.63. The van der Waals surface area contributed by atoms with Crippen LogP contribution in [0.5, 0.6) is 5.75 Å². The number of nitrogens with zero attached hydrogens (tertiary/aromatic N) is 1. The highest BCUT2D eigenvalue weighted by molar-refractivity contribution is 6.44. The smallest absolute Gasteiger partial charge is 0.344 e. The maximum absolute atomic E-state index is 12.1. The molecule has 0 bridgehead atoms. The largest absolute Gasteiger partial charge is 0.480 e. The van der Waals surface area contributed by atoms with Crippen LogP contribution in [-0.2, 0) is 25.5 Å². The lowest BCUT2D eigenvalue weighted by molar-refractivity contribution is -0.146. The highest BCUT2D eigenvalue weighted by Gasteiger charge is 2.44. The Morgan fingerprint density at radius 1 is 1.26 bits per heavy atom. The number of hydrogen-bond donors (Lipinski definition) is 0. The number of rotatable bonds is 7. The molecule has 1 unspecified atom stereocenters. The fourth-order valence-corrected chi connectivity index (χ4v) is 5.26. The Hall–Kier alpha value is -1.60. The van der Waals surface area contributed by atoms with E-state index in [9.17, 15) is 9.59 Å². The van der Waals surface area contributed by atoms with Crippen LogP contribution in [0.3, 0.4) is 0 Å². The summed E-state index contributed by atoms with van der Waals surface area (Å²) in [5.74, 6) is 0.0413. The van der Waals surface area contributed by atoms with Gasteiger partial charge in [-0.15, -0.1) is 0 Å². The fraction of sp³-hybridized carbons (Fsp3) is 0.565. The molecule has 1 atom stereocenters. The van der Waals surface area contributed by atoms with Gasteiger partial charge in [-0.1, -0.05) is 30.1 Å². The number of benzene rings is 1. The van der Waals surface area contributed by atoms with E-state index in [1.54, 1.807) is 6.08 Å². The van der Waals surface area contributed by atoms with Gasteiger partial charge < -0.3 is 14.2 Å². The number of carbonyl (C=O) groups excluding carboxylic acids is 2. The zero-order chi connectivity index (χ0) is 22.0. The molecule has 3 aliphatic rings. The van der Waals surface area contributed by atoms with E-state index in [0.29, 0.717) is 43.6 Å². The molecule has 1 aromatic carbocycles. The van der Waals surface area contributed by atoms with Gasteiger partial charge in [0.05, 0.1) is 18.2 Å². The van der Waals surface area contributed by atoms with Gasteiger partial charge in [0, 0.05) is 37.0 Å². The quantitative estimate of drug-likeness (QED) is 0.565. The number of carbonyl (C=O) groups is 2. The van der Waals surface area contributed by atoms with Crippen molar-refractivity contribution in [3.05, 3.63) is 33.3 Å². The molecule has 0 radical (unpaired) electrons. The monoisotopic (exact) mass is 467 g/mol. The van der Waals surface area contributed by atoms with Crippen molar-refractivity contribution >= 4 is 40.5 Å². The van der Waals surface area contributed by atoms with Crippen LogP contribution in [0.25, 0.3) is 5.57 Å². The first kappa shape index (κ1) is 22.6.